The fraction of sp³-hybridized carbons (Fsp3) is 0.111. The molecule has 1 heterocycles. The van der Waals surface area contributed by atoms with Gasteiger partial charge in [0, 0.05) is 11.8 Å². The lowest BCUT2D eigenvalue weighted by Crippen LogP contribution is -2.02. The van der Waals surface area contributed by atoms with Crippen LogP contribution in [0.4, 0.5) is 5.82 Å². The molecule has 5 heteroatoms. The zero-order chi connectivity index (χ0) is 10.6. The van der Waals surface area contributed by atoms with Gasteiger partial charge in [0.15, 0.2) is 0 Å². The van der Waals surface area contributed by atoms with Gasteiger partial charge in [0.2, 0.25) is 5.82 Å². The second kappa shape index (κ2) is 4.27. The van der Waals surface area contributed by atoms with E-state index in [0.29, 0.717) is 5.56 Å². The molecule has 0 bridgehead atoms. The molecule has 0 N–H and O–H groups in total. The van der Waals surface area contributed by atoms with E-state index in [4.69, 9.17) is 0 Å². The molecular weight excluding hydrogens is 184 g/mol. The predicted octanol–water partition coefficient (Wildman–Crippen LogP) is 1.91. The van der Waals surface area contributed by atoms with Gasteiger partial charge < -0.3 is 4.74 Å². The van der Waals surface area contributed by atoms with Crippen molar-refractivity contribution in [2.75, 3.05) is 7.11 Å². The van der Waals surface area contributed by atoms with Crippen LogP contribution in [0, 0.1) is 4.91 Å². The molecule has 0 radical (unpaired) electrons. The van der Waals surface area contributed by atoms with Crippen LogP contribution in [0.3, 0.4) is 0 Å². The van der Waals surface area contributed by atoms with Gasteiger partial charge in [-0.25, -0.2) is 9.78 Å². The summed E-state index contributed by atoms with van der Waals surface area (Å²) in [7, 11) is 1.27. The highest BCUT2D eigenvalue weighted by Crippen LogP contribution is 2.18. The second-order valence-electron chi connectivity index (χ2n) is 2.42. The number of carbonyl (C=O) groups excluding carboxylic acids is 1. The van der Waals surface area contributed by atoms with E-state index in [2.05, 4.69) is 21.5 Å². The topological polar surface area (TPSA) is 68.6 Å². The minimum atomic E-state index is -0.516. The Morgan fingerprint density at radius 1 is 1.71 bits per heavy atom. The summed E-state index contributed by atoms with van der Waals surface area (Å²) in [5.74, 6) is -0.509. The molecule has 0 aliphatic rings. The molecule has 0 spiro atoms. The van der Waals surface area contributed by atoms with Crippen LogP contribution in [0.25, 0.3) is 6.08 Å². The van der Waals surface area contributed by atoms with Gasteiger partial charge in [-0.2, -0.15) is 0 Å². The van der Waals surface area contributed by atoms with Crippen LogP contribution in [0.2, 0.25) is 0 Å². The number of methoxy groups -OCH3 is 1. The fourth-order valence-corrected chi connectivity index (χ4v) is 0.931. The van der Waals surface area contributed by atoms with E-state index in [1.807, 2.05) is 0 Å². The first-order valence-electron chi connectivity index (χ1n) is 3.77. The summed E-state index contributed by atoms with van der Waals surface area (Å²) >= 11 is 0. The maximum Gasteiger partial charge on any atom is 0.339 e. The number of pyridine rings is 1. The van der Waals surface area contributed by atoms with Crippen molar-refractivity contribution in [3.63, 3.8) is 0 Å². The molecule has 1 aromatic rings. The fourth-order valence-electron chi connectivity index (χ4n) is 0.931. The molecule has 0 fully saturated rings. The first-order chi connectivity index (χ1) is 6.72. The highest BCUT2D eigenvalue weighted by atomic mass is 16.5. The minimum absolute atomic E-state index is 0.00709. The third kappa shape index (κ3) is 1.82. The molecule has 0 saturated carbocycles. The number of aromatic nitrogens is 1. The minimum Gasteiger partial charge on any atom is -0.465 e. The Kier molecular flexibility index (Phi) is 3.06. The summed E-state index contributed by atoms with van der Waals surface area (Å²) in [6, 6.07) is 1.45. The van der Waals surface area contributed by atoms with Crippen molar-refractivity contribution in [2.24, 2.45) is 5.18 Å². The Hall–Kier alpha value is -2.04. The molecule has 14 heavy (non-hydrogen) atoms. The number of rotatable bonds is 3. The quantitative estimate of drug-likeness (QED) is 0.541. The van der Waals surface area contributed by atoms with Crippen molar-refractivity contribution < 1.29 is 9.53 Å². The number of nitroso groups, excluding NO2 is 1. The number of ether oxygens (including phenoxy) is 1. The van der Waals surface area contributed by atoms with Crippen LogP contribution >= 0.6 is 0 Å². The maximum absolute atomic E-state index is 11.1. The van der Waals surface area contributed by atoms with E-state index in [1.54, 1.807) is 0 Å². The highest BCUT2D eigenvalue weighted by Gasteiger charge is 2.09. The van der Waals surface area contributed by atoms with Gasteiger partial charge in [0.1, 0.15) is 0 Å². The molecule has 0 aliphatic heterocycles. The first-order valence-corrected chi connectivity index (χ1v) is 3.77. The van der Waals surface area contributed by atoms with E-state index in [0.717, 1.165) is 0 Å². The van der Waals surface area contributed by atoms with Gasteiger partial charge in [0.25, 0.3) is 0 Å². The summed E-state index contributed by atoms with van der Waals surface area (Å²) in [5, 5.41) is 2.68. The van der Waals surface area contributed by atoms with Crippen LogP contribution in [-0.4, -0.2) is 18.1 Å². The van der Waals surface area contributed by atoms with Crippen molar-refractivity contribution in [2.45, 2.75) is 0 Å². The third-order valence-corrected chi connectivity index (χ3v) is 1.62. The molecule has 1 rings (SSSR count). The molecule has 0 aliphatic carbocycles. The molecule has 0 aromatic carbocycles. The van der Waals surface area contributed by atoms with Crippen LogP contribution in [0.15, 0.2) is 24.0 Å². The van der Waals surface area contributed by atoms with Gasteiger partial charge in [-0.3, -0.25) is 0 Å². The lowest BCUT2D eigenvalue weighted by atomic mass is 10.2. The van der Waals surface area contributed by atoms with Gasteiger partial charge in [0.05, 0.1) is 12.7 Å². The number of hydrogen-bond acceptors (Lipinski definition) is 5. The normalized spacial score (nSPS) is 9.21. The van der Waals surface area contributed by atoms with E-state index >= 15 is 0 Å². The van der Waals surface area contributed by atoms with Crippen molar-refractivity contribution in [1.82, 2.24) is 4.98 Å². The standard InChI is InChI=1S/C9H8N2O3/c1-3-6-4-7(9(12)14-2)5-10-8(6)11-13/h3-5H,1H2,2H3. The Labute approximate surface area is 80.4 Å². The molecule has 0 saturated heterocycles. The van der Waals surface area contributed by atoms with Crippen LogP contribution in [-0.2, 0) is 4.74 Å². The van der Waals surface area contributed by atoms with E-state index in [1.165, 1.54) is 25.4 Å². The number of hydrogen-bond donors (Lipinski definition) is 0. The molecule has 0 amide bonds. The van der Waals surface area contributed by atoms with E-state index < -0.39 is 5.97 Å². The zero-order valence-electron chi connectivity index (χ0n) is 7.56. The average molecular weight is 192 g/mol. The SMILES string of the molecule is C=Cc1cc(C(=O)OC)cnc1N=O. The molecule has 72 valence electrons. The Morgan fingerprint density at radius 2 is 2.43 bits per heavy atom. The molecule has 1 aromatic heterocycles. The summed E-state index contributed by atoms with van der Waals surface area (Å²) < 4.78 is 4.49. The largest absolute Gasteiger partial charge is 0.465 e. The van der Waals surface area contributed by atoms with E-state index in [-0.39, 0.29) is 11.4 Å². The van der Waals surface area contributed by atoms with Crippen molar-refractivity contribution >= 4 is 17.9 Å². The van der Waals surface area contributed by atoms with Gasteiger partial charge >= 0.3 is 5.97 Å². The first kappa shape index (κ1) is 10.0. The maximum atomic E-state index is 11.1. The van der Waals surface area contributed by atoms with Crippen LogP contribution in [0.5, 0.6) is 0 Å². The number of carbonyl (C=O) groups is 1. The van der Waals surface area contributed by atoms with Gasteiger partial charge in [-0.05, 0) is 11.2 Å². The summed E-state index contributed by atoms with van der Waals surface area (Å²) in [5.41, 5.74) is 0.665. The predicted molar refractivity (Wildman–Crippen MR) is 51.1 cm³/mol. The number of nitrogens with zero attached hydrogens (tertiary/aromatic N) is 2. The van der Waals surface area contributed by atoms with Crippen LogP contribution in [0.1, 0.15) is 15.9 Å². The van der Waals surface area contributed by atoms with Crippen molar-refractivity contribution in [3.8, 4) is 0 Å². The average Bonchev–Trinajstić information content (AvgIpc) is 2.26. The molecule has 0 unspecified atom stereocenters. The van der Waals surface area contributed by atoms with Crippen molar-refractivity contribution in [1.29, 1.82) is 0 Å². The highest BCUT2D eigenvalue weighted by molar-refractivity contribution is 5.90. The monoisotopic (exact) mass is 192 g/mol. The second-order valence-corrected chi connectivity index (χ2v) is 2.42. The third-order valence-electron chi connectivity index (χ3n) is 1.62. The van der Waals surface area contributed by atoms with E-state index in [9.17, 15) is 9.70 Å². The van der Waals surface area contributed by atoms with Gasteiger partial charge in [-0.15, -0.1) is 4.91 Å². The summed E-state index contributed by atoms with van der Waals surface area (Å²) in [4.78, 5) is 25.0. The molecule has 5 nitrogen and oxygen atoms in total. The zero-order valence-corrected chi connectivity index (χ0v) is 7.56. The Morgan fingerprint density at radius 3 is 2.93 bits per heavy atom. The number of esters is 1. The lowest BCUT2D eigenvalue weighted by molar-refractivity contribution is 0.0600. The van der Waals surface area contributed by atoms with Gasteiger partial charge in [-0.1, -0.05) is 12.7 Å². The molecule has 0 atom stereocenters. The van der Waals surface area contributed by atoms with Crippen LogP contribution < -0.4 is 0 Å². The Bertz CT molecular complexity index is 388. The smallest absolute Gasteiger partial charge is 0.339 e. The Balaban J connectivity index is 3.20. The van der Waals surface area contributed by atoms with Crippen molar-refractivity contribution in [3.05, 3.63) is 34.9 Å². The lowest BCUT2D eigenvalue weighted by Gasteiger charge is -2.00. The molecular formula is C9H8N2O3. The summed E-state index contributed by atoms with van der Waals surface area (Å²) in [6.45, 7) is 3.47. The summed E-state index contributed by atoms with van der Waals surface area (Å²) in [6.07, 6.45) is 2.63.